The normalized spacial score (nSPS) is 14.3. The highest BCUT2D eigenvalue weighted by atomic mass is 79.9. The first-order valence-corrected chi connectivity index (χ1v) is 9.77. The summed E-state index contributed by atoms with van der Waals surface area (Å²) in [5, 5.41) is 17.2. The topological polar surface area (TPSA) is 87.1 Å². The summed E-state index contributed by atoms with van der Waals surface area (Å²) in [5.74, 6) is -2.70. The minimum atomic E-state index is -1.82. The van der Waals surface area contributed by atoms with Crippen molar-refractivity contribution in [3.05, 3.63) is 40.9 Å². The van der Waals surface area contributed by atoms with Crippen molar-refractivity contribution in [2.75, 3.05) is 26.2 Å². The Balaban J connectivity index is 0.000000380. The molecule has 0 bridgehead atoms. The van der Waals surface area contributed by atoms with E-state index < -0.39 is 11.9 Å². The van der Waals surface area contributed by atoms with E-state index in [4.69, 9.17) is 24.5 Å². The molecule has 2 aromatic rings. The van der Waals surface area contributed by atoms with Crippen LogP contribution in [0.25, 0.3) is 10.8 Å². The monoisotopic (exact) mass is 437 g/mol. The fourth-order valence-electron chi connectivity index (χ4n) is 2.98. The number of halogens is 1. The summed E-state index contributed by atoms with van der Waals surface area (Å²) in [6, 6.07) is 12.6. The molecule has 2 aromatic carbocycles. The van der Waals surface area contributed by atoms with E-state index in [2.05, 4.69) is 57.2 Å². The third kappa shape index (κ3) is 6.84. The molecule has 1 heterocycles. The van der Waals surface area contributed by atoms with E-state index in [-0.39, 0.29) is 0 Å². The minimum Gasteiger partial charge on any atom is -0.492 e. The van der Waals surface area contributed by atoms with Gasteiger partial charge in [-0.3, -0.25) is 0 Å². The molecule has 1 saturated heterocycles. The second-order valence-corrected chi connectivity index (χ2v) is 7.11. The molecule has 0 saturated carbocycles. The lowest BCUT2D eigenvalue weighted by molar-refractivity contribution is -0.159. The van der Waals surface area contributed by atoms with Crippen molar-refractivity contribution in [2.45, 2.75) is 25.7 Å². The van der Waals surface area contributed by atoms with Crippen LogP contribution in [0.3, 0.4) is 0 Å². The Morgan fingerprint density at radius 3 is 2.33 bits per heavy atom. The Bertz CT molecular complexity index is 762. The highest BCUT2D eigenvalue weighted by Gasteiger charge is 2.10. The number of piperidine rings is 1. The van der Waals surface area contributed by atoms with Gasteiger partial charge in [0.1, 0.15) is 5.75 Å². The molecule has 6 nitrogen and oxygen atoms in total. The molecule has 1 fully saturated rings. The van der Waals surface area contributed by atoms with Crippen molar-refractivity contribution in [2.24, 2.45) is 0 Å². The number of benzene rings is 2. The van der Waals surface area contributed by atoms with Crippen LogP contribution in [0.1, 0.15) is 25.7 Å². The zero-order valence-electron chi connectivity index (χ0n) is 15.1. The van der Waals surface area contributed by atoms with Crippen molar-refractivity contribution in [1.29, 1.82) is 0 Å². The third-order valence-electron chi connectivity index (χ3n) is 4.34. The average Bonchev–Trinajstić information content (AvgIpc) is 2.68. The molecule has 7 heteroatoms. The van der Waals surface area contributed by atoms with Gasteiger partial charge in [0, 0.05) is 6.54 Å². The average molecular weight is 438 g/mol. The fraction of sp³-hybridized carbons (Fsp3) is 0.400. The first kappa shape index (κ1) is 21.2. The van der Waals surface area contributed by atoms with Crippen LogP contribution in [-0.4, -0.2) is 53.3 Å². The second-order valence-electron chi connectivity index (χ2n) is 6.31. The van der Waals surface area contributed by atoms with Crippen LogP contribution in [0.5, 0.6) is 5.75 Å². The van der Waals surface area contributed by atoms with Gasteiger partial charge in [-0.15, -0.1) is 0 Å². The summed E-state index contributed by atoms with van der Waals surface area (Å²) in [4.78, 5) is 20.8. The Morgan fingerprint density at radius 1 is 1.00 bits per heavy atom. The van der Waals surface area contributed by atoms with E-state index in [1.54, 1.807) is 0 Å². The van der Waals surface area contributed by atoms with Crippen LogP contribution in [-0.2, 0) is 9.59 Å². The molecule has 146 valence electrons. The molecule has 0 spiro atoms. The van der Waals surface area contributed by atoms with Gasteiger partial charge in [-0.25, -0.2) is 9.59 Å². The van der Waals surface area contributed by atoms with Gasteiger partial charge in [-0.2, -0.15) is 0 Å². The first-order chi connectivity index (χ1) is 13.0. The maximum atomic E-state index is 9.10. The number of likely N-dealkylation sites (tertiary alicyclic amines) is 1. The zero-order chi connectivity index (χ0) is 19.6. The lowest BCUT2D eigenvalue weighted by Gasteiger charge is -2.26. The van der Waals surface area contributed by atoms with E-state index in [0.29, 0.717) is 0 Å². The number of carboxylic acid groups (broad SMARTS) is 2. The molecule has 2 N–H and O–H groups in total. The number of fused-ring (bicyclic) bond motifs is 1. The van der Waals surface area contributed by atoms with Crippen LogP contribution >= 0.6 is 15.9 Å². The summed E-state index contributed by atoms with van der Waals surface area (Å²) in [5.41, 5.74) is 0. The van der Waals surface area contributed by atoms with Crippen LogP contribution in [0, 0.1) is 0 Å². The number of ether oxygens (including phenoxy) is 1. The van der Waals surface area contributed by atoms with Gasteiger partial charge < -0.3 is 19.8 Å². The highest BCUT2D eigenvalue weighted by Crippen LogP contribution is 2.33. The van der Waals surface area contributed by atoms with Crippen LogP contribution in [0.2, 0.25) is 0 Å². The summed E-state index contributed by atoms with van der Waals surface area (Å²) in [6.07, 6.45) is 5.21. The molecule has 0 radical (unpaired) electrons. The number of carbonyl (C=O) groups is 2. The van der Waals surface area contributed by atoms with Crippen molar-refractivity contribution in [3.63, 3.8) is 0 Å². The number of hydrogen-bond acceptors (Lipinski definition) is 4. The SMILES string of the molecule is Brc1c(OCCCN2CCCCC2)ccc2ccccc12.O=C(O)C(=O)O. The largest absolute Gasteiger partial charge is 0.492 e. The van der Waals surface area contributed by atoms with Gasteiger partial charge in [0.2, 0.25) is 0 Å². The maximum Gasteiger partial charge on any atom is 0.414 e. The van der Waals surface area contributed by atoms with Crippen molar-refractivity contribution in [3.8, 4) is 5.75 Å². The summed E-state index contributed by atoms with van der Waals surface area (Å²) in [7, 11) is 0. The standard InChI is InChI=1S/C18H22BrNO.C2H2O4/c19-18-16-8-3-2-7-15(16)9-10-17(18)21-14-6-13-20-11-4-1-5-12-20;3-1(4)2(5)6/h2-3,7-10H,1,4-6,11-14H2;(H,3,4)(H,5,6). The Labute approximate surface area is 166 Å². The molecule has 1 aliphatic rings. The molecule has 3 rings (SSSR count). The molecule has 0 unspecified atom stereocenters. The number of hydrogen-bond donors (Lipinski definition) is 2. The van der Waals surface area contributed by atoms with Crippen LogP contribution < -0.4 is 4.74 Å². The molecule has 0 aliphatic carbocycles. The van der Waals surface area contributed by atoms with Gasteiger partial charge >= 0.3 is 11.9 Å². The summed E-state index contributed by atoms with van der Waals surface area (Å²) in [6.45, 7) is 4.47. The van der Waals surface area contributed by atoms with Crippen molar-refractivity contribution < 1.29 is 24.5 Å². The van der Waals surface area contributed by atoms with Crippen LogP contribution in [0.4, 0.5) is 0 Å². The lowest BCUT2D eigenvalue weighted by Crippen LogP contribution is -2.31. The lowest BCUT2D eigenvalue weighted by atomic mass is 10.1. The number of carboxylic acids is 2. The Kier molecular flexibility index (Phi) is 8.54. The predicted octanol–water partition coefficient (Wildman–Crippen LogP) is 4.01. The summed E-state index contributed by atoms with van der Waals surface area (Å²) < 4.78 is 7.03. The zero-order valence-corrected chi connectivity index (χ0v) is 16.7. The maximum absolute atomic E-state index is 9.10. The molecule has 0 amide bonds. The molecule has 27 heavy (non-hydrogen) atoms. The summed E-state index contributed by atoms with van der Waals surface area (Å²) >= 11 is 3.68. The number of aliphatic carboxylic acids is 2. The quantitative estimate of drug-likeness (QED) is 0.542. The van der Waals surface area contributed by atoms with Crippen molar-refractivity contribution >= 4 is 38.6 Å². The molecule has 0 aromatic heterocycles. The minimum absolute atomic E-state index is 0.785. The van der Waals surface area contributed by atoms with Gasteiger partial charge in [-0.05, 0) is 65.1 Å². The van der Waals surface area contributed by atoms with Crippen LogP contribution in [0.15, 0.2) is 40.9 Å². The molecule has 0 atom stereocenters. The van der Waals surface area contributed by atoms with Gasteiger partial charge in [-0.1, -0.05) is 36.8 Å². The fourth-order valence-corrected chi connectivity index (χ4v) is 3.59. The smallest absolute Gasteiger partial charge is 0.414 e. The van der Waals surface area contributed by atoms with E-state index >= 15 is 0 Å². The van der Waals surface area contributed by atoms with E-state index in [0.717, 1.165) is 29.8 Å². The first-order valence-electron chi connectivity index (χ1n) is 8.97. The number of nitrogens with zero attached hydrogens (tertiary/aromatic N) is 1. The molecule has 1 aliphatic heterocycles. The Hall–Kier alpha value is -2.12. The van der Waals surface area contributed by atoms with E-state index in [1.807, 2.05) is 0 Å². The molecular formula is C20H24BrNO5. The van der Waals surface area contributed by atoms with Gasteiger partial charge in [0.25, 0.3) is 0 Å². The van der Waals surface area contributed by atoms with E-state index in [9.17, 15) is 0 Å². The Morgan fingerprint density at radius 2 is 1.67 bits per heavy atom. The third-order valence-corrected chi connectivity index (χ3v) is 5.15. The second kappa shape index (κ2) is 10.9. The van der Waals surface area contributed by atoms with Gasteiger partial charge in [0.05, 0.1) is 11.1 Å². The predicted molar refractivity (Wildman–Crippen MR) is 107 cm³/mol. The molecular weight excluding hydrogens is 414 g/mol. The number of rotatable bonds is 5. The van der Waals surface area contributed by atoms with Gasteiger partial charge in [0.15, 0.2) is 0 Å². The highest BCUT2D eigenvalue weighted by molar-refractivity contribution is 9.10. The van der Waals surface area contributed by atoms with Crippen molar-refractivity contribution in [1.82, 2.24) is 4.90 Å². The van der Waals surface area contributed by atoms with E-state index in [1.165, 1.54) is 43.1 Å².